The Bertz CT molecular complexity index is 459. The lowest BCUT2D eigenvalue weighted by Gasteiger charge is -2.35. The lowest BCUT2D eigenvalue weighted by atomic mass is 9.93. The molecule has 2 rings (SSSR count). The van der Waals surface area contributed by atoms with Crippen molar-refractivity contribution in [3.8, 4) is 0 Å². The number of esters is 1. The predicted molar refractivity (Wildman–Crippen MR) is 85.2 cm³/mol. The molecule has 1 fully saturated rings. The molecular formula is C17H26N2O2. The van der Waals surface area contributed by atoms with E-state index in [4.69, 9.17) is 10.5 Å². The van der Waals surface area contributed by atoms with Crippen LogP contribution in [0.3, 0.4) is 0 Å². The Labute approximate surface area is 127 Å². The van der Waals surface area contributed by atoms with Gasteiger partial charge in [0.25, 0.3) is 0 Å². The molecule has 0 aliphatic heterocycles. The summed E-state index contributed by atoms with van der Waals surface area (Å²) in [4.78, 5) is 14.4. The van der Waals surface area contributed by atoms with Gasteiger partial charge in [-0.3, -0.25) is 0 Å². The molecule has 0 saturated heterocycles. The van der Waals surface area contributed by atoms with Crippen LogP contribution in [-0.2, 0) is 9.53 Å². The van der Waals surface area contributed by atoms with Gasteiger partial charge in [0.2, 0.25) is 0 Å². The number of anilines is 1. The second kappa shape index (κ2) is 6.94. The summed E-state index contributed by atoms with van der Waals surface area (Å²) < 4.78 is 4.97. The zero-order chi connectivity index (χ0) is 15.3. The van der Waals surface area contributed by atoms with Crippen molar-refractivity contribution in [2.45, 2.75) is 38.1 Å². The molecule has 1 aliphatic rings. The van der Waals surface area contributed by atoms with Gasteiger partial charge in [-0.15, -0.1) is 0 Å². The van der Waals surface area contributed by atoms with Crippen molar-refractivity contribution >= 4 is 11.7 Å². The summed E-state index contributed by atoms with van der Waals surface area (Å²) in [7, 11) is 1.42. The average Bonchev–Trinajstić information content (AvgIpc) is 3.36. The molecule has 116 valence electrons. The number of nitrogens with two attached hydrogens (primary N) is 1. The van der Waals surface area contributed by atoms with E-state index in [-0.39, 0.29) is 11.9 Å². The Morgan fingerprint density at radius 2 is 2.05 bits per heavy atom. The average molecular weight is 290 g/mol. The number of methoxy groups -OCH3 is 1. The third-order valence-electron chi connectivity index (χ3n) is 4.23. The highest BCUT2D eigenvalue weighted by atomic mass is 16.5. The van der Waals surface area contributed by atoms with E-state index in [1.54, 1.807) is 0 Å². The number of para-hydroxylation sites is 1. The van der Waals surface area contributed by atoms with Crippen LogP contribution in [0.1, 0.15) is 32.6 Å². The molecule has 0 spiro atoms. The van der Waals surface area contributed by atoms with Crippen molar-refractivity contribution in [1.29, 1.82) is 0 Å². The summed E-state index contributed by atoms with van der Waals surface area (Å²) in [5.41, 5.74) is 6.68. The smallest absolute Gasteiger partial charge is 0.327 e. The van der Waals surface area contributed by atoms with E-state index in [1.807, 2.05) is 18.2 Å². The monoisotopic (exact) mass is 290 g/mol. The Balaban J connectivity index is 2.18. The quantitative estimate of drug-likeness (QED) is 0.748. The summed E-state index contributed by atoms with van der Waals surface area (Å²) in [6.45, 7) is 3.59. The fourth-order valence-electron chi connectivity index (χ4n) is 2.75. The maximum atomic E-state index is 12.2. The topological polar surface area (TPSA) is 55.6 Å². The SMILES string of the molecule is CCCCN(CC(N)(C(=O)OC)C1CC1)c1ccccc1. The number of benzene rings is 1. The number of carbonyl (C=O) groups is 1. The first-order chi connectivity index (χ1) is 10.1. The van der Waals surface area contributed by atoms with Crippen LogP contribution in [0.4, 0.5) is 5.69 Å². The van der Waals surface area contributed by atoms with Crippen LogP contribution in [0.25, 0.3) is 0 Å². The van der Waals surface area contributed by atoms with Crippen molar-refractivity contribution in [2.75, 3.05) is 25.1 Å². The molecule has 1 atom stereocenters. The number of unbranched alkanes of at least 4 members (excludes halogenated alkanes) is 1. The minimum absolute atomic E-state index is 0.248. The molecule has 2 N–H and O–H groups in total. The summed E-state index contributed by atoms with van der Waals surface area (Å²) in [6, 6.07) is 10.2. The lowest BCUT2D eigenvalue weighted by Crippen LogP contribution is -2.58. The first-order valence-electron chi connectivity index (χ1n) is 7.79. The van der Waals surface area contributed by atoms with E-state index >= 15 is 0 Å². The number of nitrogens with zero attached hydrogens (tertiary/aromatic N) is 1. The Kier molecular flexibility index (Phi) is 5.23. The van der Waals surface area contributed by atoms with Gasteiger partial charge in [0.15, 0.2) is 0 Å². The molecule has 0 aromatic heterocycles. The van der Waals surface area contributed by atoms with Crippen LogP contribution in [0.15, 0.2) is 30.3 Å². The van der Waals surface area contributed by atoms with Gasteiger partial charge in [-0.25, -0.2) is 4.79 Å². The van der Waals surface area contributed by atoms with E-state index in [0.717, 1.165) is 37.9 Å². The fraction of sp³-hybridized carbons (Fsp3) is 0.588. The van der Waals surface area contributed by atoms with E-state index in [9.17, 15) is 4.79 Å². The van der Waals surface area contributed by atoms with Gasteiger partial charge >= 0.3 is 5.97 Å². The standard InChI is InChI=1S/C17H26N2O2/c1-3-4-12-19(15-8-6-5-7-9-15)13-17(18,14-10-11-14)16(20)21-2/h5-9,14H,3-4,10-13,18H2,1-2H3. The second-order valence-corrected chi connectivity index (χ2v) is 5.92. The molecule has 21 heavy (non-hydrogen) atoms. The minimum Gasteiger partial charge on any atom is -0.468 e. The predicted octanol–water partition coefficient (Wildman–Crippen LogP) is 2.57. The third kappa shape index (κ3) is 3.76. The molecule has 0 amide bonds. The highest BCUT2D eigenvalue weighted by molar-refractivity contribution is 5.82. The molecule has 1 aliphatic carbocycles. The van der Waals surface area contributed by atoms with E-state index in [2.05, 4.69) is 24.0 Å². The van der Waals surface area contributed by atoms with Crippen LogP contribution in [0.5, 0.6) is 0 Å². The van der Waals surface area contributed by atoms with Gasteiger partial charge in [-0.05, 0) is 37.3 Å². The van der Waals surface area contributed by atoms with Gasteiger partial charge in [0.1, 0.15) is 5.54 Å². The summed E-state index contributed by atoms with van der Waals surface area (Å²) in [5, 5.41) is 0. The number of hydrogen-bond acceptors (Lipinski definition) is 4. The zero-order valence-corrected chi connectivity index (χ0v) is 13.0. The van der Waals surface area contributed by atoms with Gasteiger partial charge in [0, 0.05) is 18.8 Å². The lowest BCUT2D eigenvalue weighted by molar-refractivity contribution is -0.147. The largest absolute Gasteiger partial charge is 0.468 e. The molecule has 0 radical (unpaired) electrons. The van der Waals surface area contributed by atoms with E-state index in [0.29, 0.717) is 6.54 Å². The summed E-state index contributed by atoms with van der Waals surface area (Å²) in [5.74, 6) is -0.0415. The van der Waals surface area contributed by atoms with Crippen LogP contribution in [0, 0.1) is 5.92 Å². The normalized spacial score (nSPS) is 17.1. The van der Waals surface area contributed by atoms with E-state index < -0.39 is 5.54 Å². The van der Waals surface area contributed by atoms with Crippen molar-refractivity contribution < 1.29 is 9.53 Å². The molecule has 0 heterocycles. The van der Waals surface area contributed by atoms with Gasteiger partial charge in [0.05, 0.1) is 7.11 Å². The molecule has 1 aromatic rings. The Morgan fingerprint density at radius 3 is 2.57 bits per heavy atom. The molecule has 1 unspecified atom stereocenters. The highest BCUT2D eigenvalue weighted by Gasteiger charge is 2.49. The summed E-state index contributed by atoms with van der Waals surface area (Å²) >= 11 is 0. The van der Waals surface area contributed by atoms with Crippen molar-refractivity contribution in [2.24, 2.45) is 11.7 Å². The first-order valence-corrected chi connectivity index (χ1v) is 7.79. The van der Waals surface area contributed by atoms with Crippen LogP contribution in [-0.4, -0.2) is 31.7 Å². The maximum Gasteiger partial charge on any atom is 0.327 e. The van der Waals surface area contributed by atoms with Crippen molar-refractivity contribution in [3.05, 3.63) is 30.3 Å². The van der Waals surface area contributed by atoms with Crippen molar-refractivity contribution in [3.63, 3.8) is 0 Å². The number of ether oxygens (including phenoxy) is 1. The number of carbonyl (C=O) groups excluding carboxylic acids is 1. The van der Waals surface area contributed by atoms with Gasteiger partial charge in [-0.1, -0.05) is 31.5 Å². The maximum absolute atomic E-state index is 12.2. The highest BCUT2D eigenvalue weighted by Crippen LogP contribution is 2.40. The fourth-order valence-corrected chi connectivity index (χ4v) is 2.75. The zero-order valence-electron chi connectivity index (χ0n) is 13.0. The minimum atomic E-state index is -0.891. The number of hydrogen-bond donors (Lipinski definition) is 1. The molecule has 0 bridgehead atoms. The van der Waals surface area contributed by atoms with E-state index in [1.165, 1.54) is 7.11 Å². The van der Waals surface area contributed by atoms with Gasteiger partial charge < -0.3 is 15.4 Å². The van der Waals surface area contributed by atoms with Gasteiger partial charge in [-0.2, -0.15) is 0 Å². The molecular weight excluding hydrogens is 264 g/mol. The molecule has 4 nitrogen and oxygen atoms in total. The molecule has 4 heteroatoms. The second-order valence-electron chi connectivity index (χ2n) is 5.92. The van der Waals surface area contributed by atoms with Crippen molar-refractivity contribution in [1.82, 2.24) is 0 Å². The van der Waals surface area contributed by atoms with Crippen LogP contribution in [0.2, 0.25) is 0 Å². The third-order valence-corrected chi connectivity index (χ3v) is 4.23. The molecule has 1 aromatic carbocycles. The molecule has 1 saturated carbocycles. The summed E-state index contributed by atoms with van der Waals surface area (Å²) in [6.07, 6.45) is 4.23. The van der Waals surface area contributed by atoms with Crippen LogP contribution < -0.4 is 10.6 Å². The van der Waals surface area contributed by atoms with Crippen LogP contribution >= 0.6 is 0 Å². The number of rotatable bonds is 8. The first kappa shape index (κ1) is 15.8. The Morgan fingerprint density at radius 1 is 1.38 bits per heavy atom. The Hall–Kier alpha value is -1.55.